The summed E-state index contributed by atoms with van der Waals surface area (Å²) < 4.78 is 0. The normalized spacial score (nSPS) is 19.6. The molecule has 36 heavy (non-hydrogen) atoms. The van der Waals surface area contributed by atoms with Gasteiger partial charge in [0.05, 0.1) is 6.10 Å². The second-order valence-corrected chi connectivity index (χ2v) is 10.0. The summed E-state index contributed by atoms with van der Waals surface area (Å²) in [5, 5.41) is 13.1. The van der Waals surface area contributed by atoms with Gasteiger partial charge in [-0.2, -0.15) is 0 Å². The van der Waals surface area contributed by atoms with E-state index in [1.165, 1.54) is 4.90 Å². The zero-order chi connectivity index (χ0) is 26.8. The zero-order valence-electron chi connectivity index (χ0n) is 22.0. The predicted octanol–water partition coefficient (Wildman–Crippen LogP) is 2.90. The van der Waals surface area contributed by atoms with Gasteiger partial charge in [-0.25, -0.2) is 0 Å². The number of ketones is 1. The minimum absolute atomic E-state index is 0.0536. The number of aryl methyl sites for hydroxylation is 1. The molecule has 1 unspecified atom stereocenters. The SMILES string of the molecule is CCCCC(CC(=O)/C=C(\C)c1ccc(C)cc1)C(=O)N1C[C@H](O)C[C@H]1C(=O)N[C@H](C)CCC(N)=O. The van der Waals surface area contributed by atoms with E-state index in [1.807, 2.05) is 45.0 Å². The van der Waals surface area contributed by atoms with Crippen LogP contribution in [0.3, 0.4) is 0 Å². The summed E-state index contributed by atoms with van der Waals surface area (Å²) in [6, 6.07) is 6.80. The number of benzene rings is 1. The number of hydrogen-bond acceptors (Lipinski definition) is 5. The first kappa shape index (κ1) is 29.2. The minimum atomic E-state index is -0.812. The fourth-order valence-corrected chi connectivity index (χ4v) is 4.52. The highest BCUT2D eigenvalue weighted by atomic mass is 16.3. The highest BCUT2D eigenvalue weighted by molar-refractivity contribution is 5.99. The van der Waals surface area contributed by atoms with Crippen molar-refractivity contribution in [1.29, 1.82) is 0 Å². The Morgan fingerprint density at radius 3 is 2.47 bits per heavy atom. The number of likely N-dealkylation sites (tertiary alicyclic amines) is 1. The van der Waals surface area contributed by atoms with Crippen molar-refractivity contribution in [3.63, 3.8) is 0 Å². The maximum atomic E-state index is 13.5. The van der Waals surface area contributed by atoms with Crippen molar-refractivity contribution >= 4 is 29.1 Å². The molecule has 1 fully saturated rings. The molecule has 1 aromatic rings. The number of rotatable bonds is 13. The van der Waals surface area contributed by atoms with Crippen molar-refractivity contribution in [1.82, 2.24) is 10.2 Å². The van der Waals surface area contributed by atoms with Crippen molar-refractivity contribution in [2.45, 2.75) is 90.8 Å². The third-order valence-electron chi connectivity index (χ3n) is 6.66. The van der Waals surface area contributed by atoms with Crippen LogP contribution in [0, 0.1) is 12.8 Å². The molecule has 1 saturated heterocycles. The van der Waals surface area contributed by atoms with Crippen molar-refractivity contribution in [3.05, 3.63) is 41.5 Å². The number of carbonyl (C=O) groups excluding carboxylic acids is 4. The Labute approximate surface area is 214 Å². The van der Waals surface area contributed by atoms with Crippen LogP contribution in [-0.2, 0) is 19.2 Å². The standard InChI is InChI=1S/C28H41N3O5/c1-5-6-7-22(15-23(32)14-19(3)21-11-8-18(2)9-12-21)28(36)31-17-24(33)16-25(31)27(35)30-20(4)10-13-26(29)34/h8-9,11-12,14,20,22,24-25,33H,5-7,10,13,15-17H2,1-4H3,(H2,29,34)(H,30,35)/b19-14+/t20-,22?,24-,25+/m1/s1. The molecule has 198 valence electrons. The van der Waals surface area contributed by atoms with Crippen molar-refractivity contribution in [3.8, 4) is 0 Å². The molecule has 4 N–H and O–H groups in total. The molecule has 0 spiro atoms. The van der Waals surface area contributed by atoms with Gasteiger partial charge in [-0.15, -0.1) is 0 Å². The summed E-state index contributed by atoms with van der Waals surface area (Å²) in [5.41, 5.74) is 8.11. The molecule has 8 nitrogen and oxygen atoms in total. The summed E-state index contributed by atoms with van der Waals surface area (Å²) >= 11 is 0. The first-order chi connectivity index (χ1) is 17.0. The third-order valence-corrected chi connectivity index (χ3v) is 6.66. The van der Waals surface area contributed by atoms with Crippen LogP contribution in [0.25, 0.3) is 5.57 Å². The lowest BCUT2D eigenvalue weighted by Gasteiger charge is -2.28. The summed E-state index contributed by atoms with van der Waals surface area (Å²) in [4.78, 5) is 51.9. The molecule has 0 radical (unpaired) electrons. The van der Waals surface area contributed by atoms with Gasteiger partial charge in [0.2, 0.25) is 17.7 Å². The molecule has 3 amide bonds. The highest BCUT2D eigenvalue weighted by Crippen LogP contribution is 2.26. The Morgan fingerprint density at radius 2 is 1.86 bits per heavy atom. The van der Waals surface area contributed by atoms with Crippen molar-refractivity contribution in [2.75, 3.05) is 6.54 Å². The second kappa shape index (κ2) is 13.9. The van der Waals surface area contributed by atoms with Crippen molar-refractivity contribution < 1.29 is 24.3 Å². The third kappa shape index (κ3) is 8.90. The van der Waals surface area contributed by atoms with Crippen LogP contribution in [-0.4, -0.2) is 58.2 Å². The smallest absolute Gasteiger partial charge is 0.243 e. The quantitative estimate of drug-likeness (QED) is 0.359. The fourth-order valence-electron chi connectivity index (χ4n) is 4.52. The van der Waals surface area contributed by atoms with E-state index < -0.39 is 24.0 Å². The molecule has 2 rings (SSSR count). The number of allylic oxidation sites excluding steroid dienone is 2. The fraction of sp³-hybridized carbons (Fsp3) is 0.571. The Kier molecular flexibility index (Phi) is 11.3. The number of unbranched alkanes of at least 4 members (excludes halogenated alkanes) is 1. The van der Waals surface area contributed by atoms with Gasteiger partial charge in [0, 0.05) is 37.8 Å². The summed E-state index contributed by atoms with van der Waals surface area (Å²) in [6.07, 6.45) is 3.70. The number of primary amides is 1. The van der Waals surface area contributed by atoms with E-state index in [1.54, 1.807) is 13.0 Å². The molecule has 0 aliphatic carbocycles. The molecule has 8 heteroatoms. The van der Waals surface area contributed by atoms with Gasteiger partial charge >= 0.3 is 0 Å². The number of nitrogens with one attached hydrogen (secondary N) is 1. The van der Waals surface area contributed by atoms with Crippen LogP contribution in [0.5, 0.6) is 0 Å². The molecule has 0 saturated carbocycles. The monoisotopic (exact) mass is 499 g/mol. The number of amides is 3. The van der Waals surface area contributed by atoms with Crippen molar-refractivity contribution in [2.24, 2.45) is 11.7 Å². The average molecular weight is 500 g/mol. The van der Waals surface area contributed by atoms with E-state index in [2.05, 4.69) is 5.32 Å². The van der Waals surface area contributed by atoms with Crippen LogP contribution in [0.2, 0.25) is 0 Å². The van der Waals surface area contributed by atoms with Gasteiger partial charge in [-0.1, -0.05) is 49.6 Å². The molecule has 1 heterocycles. The largest absolute Gasteiger partial charge is 0.391 e. The van der Waals surface area contributed by atoms with Crippen LogP contribution < -0.4 is 11.1 Å². The van der Waals surface area contributed by atoms with E-state index >= 15 is 0 Å². The highest BCUT2D eigenvalue weighted by Gasteiger charge is 2.41. The lowest BCUT2D eigenvalue weighted by molar-refractivity contribution is -0.143. The minimum Gasteiger partial charge on any atom is -0.391 e. The van der Waals surface area contributed by atoms with E-state index in [4.69, 9.17) is 5.73 Å². The Balaban J connectivity index is 2.12. The summed E-state index contributed by atoms with van der Waals surface area (Å²) in [6.45, 7) is 7.73. The van der Waals surface area contributed by atoms with E-state index in [-0.39, 0.29) is 49.4 Å². The second-order valence-electron chi connectivity index (χ2n) is 10.0. The van der Waals surface area contributed by atoms with Crippen LogP contribution in [0.1, 0.15) is 76.8 Å². The van der Waals surface area contributed by atoms with Gasteiger partial charge in [-0.3, -0.25) is 19.2 Å². The van der Waals surface area contributed by atoms with Gasteiger partial charge in [0.1, 0.15) is 6.04 Å². The maximum absolute atomic E-state index is 13.5. The first-order valence-corrected chi connectivity index (χ1v) is 12.9. The topological polar surface area (TPSA) is 130 Å². The predicted molar refractivity (Wildman–Crippen MR) is 140 cm³/mol. The molecule has 4 atom stereocenters. The van der Waals surface area contributed by atoms with E-state index in [0.29, 0.717) is 12.8 Å². The number of aliphatic hydroxyl groups is 1. The van der Waals surface area contributed by atoms with Gasteiger partial charge in [0.15, 0.2) is 5.78 Å². The Morgan fingerprint density at radius 1 is 1.19 bits per heavy atom. The van der Waals surface area contributed by atoms with Crippen LogP contribution >= 0.6 is 0 Å². The Hall–Kier alpha value is -3.00. The van der Waals surface area contributed by atoms with E-state index in [9.17, 15) is 24.3 Å². The molecule has 1 aliphatic rings. The van der Waals surface area contributed by atoms with E-state index in [0.717, 1.165) is 29.5 Å². The maximum Gasteiger partial charge on any atom is 0.243 e. The number of β-amino-alcohol motifs (C(OH)–C–C–N with tert-alkyl or cyclic N) is 1. The molecule has 0 bridgehead atoms. The number of nitrogens with two attached hydrogens (primary N) is 1. The molecule has 1 aromatic carbocycles. The molecule has 1 aliphatic heterocycles. The number of carbonyl (C=O) groups is 4. The Bertz CT molecular complexity index is 956. The number of aliphatic hydroxyl groups excluding tert-OH is 1. The molecular weight excluding hydrogens is 458 g/mol. The number of nitrogens with zero attached hydrogens (tertiary/aromatic N) is 1. The summed E-state index contributed by atoms with van der Waals surface area (Å²) in [5.74, 6) is -1.79. The molecular formula is C28H41N3O5. The lowest BCUT2D eigenvalue weighted by Crippen LogP contribution is -2.50. The summed E-state index contributed by atoms with van der Waals surface area (Å²) in [7, 11) is 0. The van der Waals surface area contributed by atoms with Gasteiger partial charge in [0.25, 0.3) is 0 Å². The van der Waals surface area contributed by atoms with Crippen LogP contribution in [0.4, 0.5) is 0 Å². The first-order valence-electron chi connectivity index (χ1n) is 12.9. The molecule has 0 aromatic heterocycles. The van der Waals surface area contributed by atoms with Crippen LogP contribution in [0.15, 0.2) is 30.3 Å². The average Bonchev–Trinajstić information content (AvgIpc) is 3.22. The van der Waals surface area contributed by atoms with Gasteiger partial charge in [-0.05, 0) is 50.8 Å². The van der Waals surface area contributed by atoms with Gasteiger partial charge < -0.3 is 21.1 Å². The lowest BCUT2D eigenvalue weighted by atomic mass is 9.93. The number of hydrogen-bond donors (Lipinski definition) is 3. The zero-order valence-corrected chi connectivity index (χ0v) is 22.0.